The average molecular weight is 315 g/mol. The van der Waals surface area contributed by atoms with E-state index in [1.807, 2.05) is 64.3 Å². The molecule has 0 aliphatic carbocycles. The Kier molecular flexibility index (Phi) is 5.79. The first kappa shape index (κ1) is 17.1. The summed E-state index contributed by atoms with van der Waals surface area (Å²) in [6.45, 7) is 6.38. The Balaban J connectivity index is 1.79. The number of aromatic nitrogens is 2. The second-order valence-electron chi connectivity index (χ2n) is 5.93. The molecule has 23 heavy (non-hydrogen) atoms. The Morgan fingerprint density at radius 3 is 2.61 bits per heavy atom. The van der Waals surface area contributed by atoms with E-state index < -0.39 is 0 Å². The van der Waals surface area contributed by atoms with E-state index in [2.05, 4.69) is 10.4 Å². The monoisotopic (exact) mass is 315 g/mol. The van der Waals surface area contributed by atoms with Crippen LogP contribution in [0.2, 0.25) is 0 Å². The summed E-state index contributed by atoms with van der Waals surface area (Å²) in [4.78, 5) is 12.3. The Bertz CT molecular complexity index is 637. The zero-order valence-corrected chi connectivity index (χ0v) is 14.2. The highest BCUT2D eigenvalue weighted by Crippen LogP contribution is 2.17. The van der Waals surface area contributed by atoms with Crippen molar-refractivity contribution in [1.29, 1.82) is 0 Å². The zero-order chi connectivity index (χ0) is 16.8. The van der Waals surface area contributed by atoms with Crippen LogP contribution in [0, 0.1) is 12.8 Å². The molecule has 124 valence electrons. The van der Waals surface area contributed by atoms with E-state index in [-0.39, 0.29) is 17.9 Å². The minimum Gasteiger partial charge on any atom is -0.494 e. The molecule has 5 heteroatoms. The standard InChI is InChI=1S/C18H25N3O2/c1-13(10-11-23-16-8-6-5-7-9-16)18(22)19-14(2)17-12-21(4)20-15(17)3/h5-9,12-14H,10-11H2,1-4H3,(H,19,22). The fourth-order valence-electron chi connectivity index (χ4n) is 2.48. The summed E-state index contributed by atoms with van der Waals surface area (Å²) < 4.78 is 7.41. The zero-order valence-electron chi connectivity index (χ0n) is 14.2. The number of amides is 1. The SMILES string of the molecule is Cc1nn(C)cc1C(C)NC(=O)C(C)CCOc1ccccc1. The normalized spacial score (nSPS) is 13.4. The van der Waals surface area contributed by atoms with Crippen LogP contribution in [0.25, 0.3) is 0 Å². The van der Waals surface area contributed by atoms with Gasteiger partial charge >= 0.3 is 0 Å². The first-order valence-electron chi connectivity index (χ1n) is 7.95. The number of nitrogens with one attached hydrogen (secondary N) is 1. The molecule has 0 aliphatic heterocycles. The maximum atomic E-state index is 12.3. The summed E-state index contributed by atoms with van der Waals surface area (Å²) in [5, 5.41) is 7.36. The molecule has 0 saturated carbocycles. The van der Waals surface area contributed by atoms with E-state index in [4.69, 9.17) is 4.74 Å². The Morgan fingerprint density at radius 2 is 2.00 bits per heavy atom. The Hall–Kier alpha value is -2.30. The summed E-state index contributed by atoms with van der Waals surface area (Å²) in [6.07, 6.45) is 2.63. The first-order valence-corrected chi connectivity index (χ1v) is 7.95. The molecule has 0 radical (unpaired) electrons. The van der Waals surface area contributed by atoms with Crippen LogP contribution in [-0.2, 0) is 11.8 Å². The average Bonchev–Trinajstić information content (AvgIpc) is 2.87. The first-order chi connectivity index (χ1) is 11.0. The number of ether oxygens (including phenoxy) is 1. The number of carbonyl (C=O) groups is 1. The van der Waals surface area contributed by atoms with Crippen molar-refractivity contribution in [2.45, 2.75) is 33.2 Å². The largest absolute Gasteiger partial charge is 0.494 e. The molecule has 2 rings (SSSR count). The summed E-state index contributed by atoms with van der Waals surface area (Å²) in [6, 6.07) is 9.60. The fourth-order valence-corrected chi connectivity index (χ4v) is 2.48. The van der Waals surface area contributed by atoms with Gasteiger partial charge in [-0.1, -0.05) is 25.1 Å². The van der Waals surface area contributed by atoms with E-state index in [1.54, 1.807) is 4.68 Å². The summed E-state index contributed by atoms with van der Waals surface area (Å²) in [7, 11) is 1.88. The van der Waals surface area contributed by atoms with Gasteiger partial charge in [0.25, 0.3) is 0 Å². The Morgan fingerprint density at radius 1 is 1.30 bits per heavy atom. The fraction of sp³-hybridized carbons (Fsp3) is 0.444. The lowest BCUT2D eigenvalue weighted by Gasteiger charge is -2.17. The molecule has 0 spiro atoms. The number of nitrogens with zero attached hydrogens (tertiary/aromatic N) is 2. The van der Waals surface area contributed by atoms with Crippen LogP contribution in [0.4, 0.5) is 0 Å². The second kappa shape index (κ2) is 7.81. The smallest absolute Gasteiger partial charge is 0.223 e. The molecule has 1 heterocycles. The van der Waals surface area contributed by atoms with Crippen LogP contribution >= 0.6 is 0 Å². The molecular formula is C18H25N3O2. The van der Waals surface area contributed by atoms with E-state index in [9.17, 15) is 4.79 Å². The van der Waals surface area contributed by atoms with Gasteiger partial charge in [0.05, 0.1) is 18.3 Å². The van der Waals surface area contributed by atoms with Gasteiger partial charge in [0, 0.05) is 24.7 Å². The van der Waals surface area contributed by atoms with Gasteiger partial charge in [-0.3, -0.25) is 9.48 Å². The lowest BCUT2D eigenvalue weighted by molar-refractivity contribution is -0.125. The van der Waals surface area contributed by atoms with Crippen molar-refractivity contribution in [2.75, 3.05) is 6.61 Å². The predicted molar refractivity (Wildman–Crippen MR) is 90.2 cm³/mol. The number of aryl methyl sites for hydroxylation is 2. The van der Waals surface area contributed by atoms with Gasteiger partial charge in [-0.15, -0.1) is 0 Å². The third-order valence-electron chi connectivity index (χ3n) is 3.89. The van der Waals surface area contributed by atoms with E-state index in [0.717, 1.165) is 17.0 Å². The molecule has 0 aliphatic rings. The van der Waals surface area contributed by atoms with Crippen molar-refractivity contribution in [2.24, 2.45) is 13.0 Å². The number of benzene rings is 1. The van der Waals surface area contributed by atoms with Gasteiger partial charge in [-0.05, 0) is 32.4 Å². The maximum absolute atomic E-state index is 12.3. The van der Waals surface area contributed by atoms with E-state index in [1.165, 1.54) is 0 Å². The summed E-state index contributed by atoms with van der Waals surface area (Å²) in [5.74, 6) is 0.773. The van der Waals surface area contributed by atoms with E-state index in [0.29, 0.717) is 13.0 Å². The molecule has 0 bridgehead atoms. The minimum atomic E-state index is -0.0989. The van der Waals surface area contributed by atoms with Crippen molar-refractivity contribution >= 4 is 5.91 Å². The number of hydrogen-bond donors (Lipinski definition) is 1. The van der Waals surface area contributed by atoms with Crippen molar-refractivity contribution in [3.63, 3.8) is 0 Å². The van der Waals surface area contributed by atoms with Gasteiger partial charge in [0.15, 0.2) is 0 Å². The van der Waals surface area contributed by atoms with Crippen LogP contribution in [0.15, 0.2) is 36.5 Å². The van der Waals surface area contributed by atoms with Gasteiger partial charge < -0.3 is 10.1 Å². The molecule has 0 saturated heterocycles. The number of carbonyl (C=O) groups excluding carboxylic acids is 1. The van der Waals surface area contributed by atoms with Crippen LogP contribution < -0.4 is 10.1 Å². The van der Waals surface area contributed by atoms with Crippen LogP contribution in [-0.4, -0.2) is 22.3 Å². The minimum absolute atomic E-state index is 0.0393. The molecule has 1 N–H and O–H groups in total. The molecular weight excluding hydrogens is 290 g/mol. The quantitative estimate of drug-likeness (QED) is 0.854. The molecule has 0 fully saturated rings. The van der Waals surface area contributed by atoms with Crippen molar-refractivity contribution in [3.8, 4) is 5.75 Å². The molecule has 1 aromatic heterocycles. The molecule has 1 amide bonds. The van der Waals surface area contributed by atoms with Gasteiger partial charge in [0.1, 0.15) is 5.75 Å². The lowest BCUT2D eigenvalue weighted by Crippen LogP contribution is -2.32. The summed E-state index contributed by atoms with van der Waals surface area (Å²) in [5.41, 5.74) is 1.99. The molecule has 2 aromatic rings. The maximum Gasteiger partial charge on any atom is 0.223 e. The number of para-hydroxylation sites is 1. The number of hydrogen-bond acceptors (Lipinski definition) is 3. The molecule has 5 nitrogen and oxygen atoms in total. The van der Waals surface area contributed by atoms with Crippen LogP contribution in [0.5, 0.6) is 5.75 Å². The third-order valence-corrected chi connectivity index (χ3v) is 3.89. The molecule has 1 aromatic carbocycles. The van der Waals surface area contributed by atoms with Crippen LogP contribution in [0.3, 0.4) is 0 Å². The third kappa shape index (κ3) is 4.84. The highest BCUT2D eigenvalue weighted by atomic mass is 16.5. The van der Waals surface area contributed by atoms with Crippen molar-refractivity contribution < 1.29 is 9.53 Å². The van der Waals surface area contributed by atoms with Gasteiger partial charge in [-0.2, -0.15) is 5.10 Å². The van der Waals surface area contributed by atoms with Gasteiger partial charge in [0.2, 0.25) is 5.91 Å². The van der Waals surface area contributed by atoms with Crippen LogP contribution in [0.1, 0.15) is 37.6 Å². The highest BCUT2D eigenvalue weighted by Gasteiger charge is 2.18. The summed E-state index contributed by atoms with van der Waals surface area (Å²) >= 11 is 0. The lowest BCUT2D eigenvalue weighted by atomic mass is 10.1. The second-order valence-corrected chi connectivity index (χ2v) is 5.93. The topological polar surface area (TPSA) is 56.2 Å². The molecule has 2 atom stereocenters. The highest BCUT2D eigenvalue weighted by molar-refractivity contribution is 5.78. The molecule has 2 unspecified atom stereocenters. The predicted octanol–water partition coefficient (Wildman–Crippen LogP) is 3.01. The van der Waals surface area contributed by atoms with Crippen molar-refractivity contribution in [1.82, 2.24) is 15.1 Å². The number of rotatable bonds is 7. The van der Waals surface area contributed by atoms with E-state index >= 15 is 0 Å². The van der Waals surface area contributed by atoms with Gasteiger partial charge in [-0.25, -0.2) is 0 Å². The Labute approximate surface area is 137 Å². The van der Waals surface area contributed by atoms with Crippen molar-refractivity contribution in [3.05, 3.63) is 47.8 Å².